The van der Waals surface area contributed by atoms with Crippen molar-refractivity contribution in [3.8, 4) is 17.4 Å². The van der Waals surface area contributed by atoms with Crippen LogP contribution in [0.3, 0.4) is 0 Å². The largest absolute Gasteiger partial charge is 0.490 e. The molecule has 0 amide bonds. The molecule has 1 fully saturated rings. The van der Waals surface area contributed by atoms with E-state index in [0.29, 0.717) is 61.4 Å². The van der Waals surface area contributed by atoms with Crippen LogP contribution in [-0.4, -0.2) is 57.7 Å². The van der Waals surface area contributed by atoms with Gasteiger partial charge in [0.15, 0.2) is 5.76 Å². The number of furan rings is 1. The molecule has 1 aliphatic rings. The van der Waals surface area contributed by atoms with Gasteiger partial charge in [0.25, 0.3) is 5.89 Å². The van der Waals surface area contributed by atoms with Crippen molar-refractivity contribution in [2.45, 2.75) is 31.5 Å². The highest BCUT2D eigenvalue weighted by Crippen LogP contribution is 2.35. The van der Waals surface area contributed by atoms with Crippen molar-refractivity contribution in [2.24, 2.45) is 0 Å². The number of rotatable bonds is 7. The molecule has 6 rings (SSSR count). The predicted molar refractivity (Wildman–Crippen MR) is 147 cm³/mol. The molecule has 0 unspecified atom stereocenters. The van der Waals surface area contributed by atoms with Gasteiger partial charge in [0.05, 0.1) is 11.0 Å². The quantitative estimate of drug-likeness (QED) is 0.297. The Bertz CT molecular complexity index is 1540. The Morgan fingerprint density at radius 2 is 1.76 bits per heavy atom. The lowest BCUT2D eigenvalue weighted by atomic mass is 9.83. The minimum atomic E-state index is -0.854. The summed E-state index contributed by atoms with van der Waals surface area (Å²) in [6.45, 7) is 3.74. The van der Waals surface area contributed by atoms with E-state index in [4.69, 9.17) is 13.6 Å². The fourth-order valence-corrected chi connectivity index (χ4v) is 5.07. The molecule has 5 aromatic rings. The molecule has 0 spiro atoms. The second kappa shape index (κ2) is 10.7. The zero-order valence-electron chi connectivity index (χ0n) is 21.0. The summed E-state index contributed by atoms with van der Waals surface area (Å²) in [6, 6.07) is 21.7. The first-order valence-corrected chi connectivity index (χ1v) is 12.5. The summed E-state index contributed by atoms with van der Waals surface area (Å²) in [4.78, 5) is 2.18. The number of β-amino-alcohol motifs (C(OH)–C–C–N with tert-alkyl or cyclic N) is 1. The second-order valence-corrected chi connectivity index (χ2v) is 9.76. The van der Waals surface area contributed by atoms with Crippen LogP contribution in [0.25, 0.3) is 33.4 Å². The number of aliphatic hydroxyl groups excluding tert-OH is 1. The van der Waals surface area contributed by atoms with E-state index in [1.807, 2.05) is 42.5 Å². The van der Waals surface area contributed by atoms with E-state index in [1.54, 1.807) is 6.92 Å². The van der Waals surface area contributed by atoms with Gasteiger partial charge in [0.2, 0.25) is 5.89 Å². The SMILES string of the molecule is Cc1nnc(-c2cc3c(OC[C@@H](O)CN4CCC(O)(c5ccc6ccccc6c5)CC4)cccc3o2)o1.Cl. The number of aliphatic hydroxyl groups is 2. The number of halogens is 1. The van der Waals surface area contributed by atoms with Gasteiger partial charge in [-0.3, -0.25) is 0 Å². The van der Waals surface area contributed by atoms with Crippen LogP contribution >= 0.6 is 12.4 Å². The topological polar surface area (TPSA) is 105 Å². The minimum Gasteiger partial charge on any atom is -0.490 e. The van der Waals surface area contributed by atoms with Crippen LogP contribution < -0.4 is 4.74 Å². The van der Waals surface area contributed by atoms with Gasteiger partial charge in [-0.15, -0.1) is 22.6 Å². The molecule has 8 nitrogen and oxygen atoms in total. The van der Waals surface area contributed by atoms with Gasteiger partial charge >= 0.3 is 0 Å². The third-order valence-corrected chi connectivity index (χ3v) is 7.13. The van der Waals surface area contributed by atoms with Crippen LogP contribution in [0.4, 0.5) is 0 Å². The van der Waals surface area contributed by atoms with Gasteiger partial charge in [-0.1, -0.05) is 42.5 Å². The first-order chi connectivity index (χ1) is 18.0. The maximum Gasteiger partial charge on any atom is 0.283 e. The zero-order valence-corrected chi connectivity index (χ0v) is 21.9. The predicted octanol–water partition coefficient (Wildman–Crippen LogP) is 5.09. The molecule has 0 saturated carbocycles. The molecule has 2 N–H and O–H groups in total. The van der Waals surface area contributed by atoms with Crippen LogP contribution in [0.1, 0.15) is 24.3 Å². The Labute approximate surface area is 226 Å². The van der Waals surface area contributed by atoms with Gasteiger partial charge < -0.3 is 28.7 Å². The number of aromatic nitrogens is 2. The summed E-state index contributed by atoms with van der Waals surface area (Å²) in [5, 5.41) is 33.0. The number of piperidine rings is 1. The van der Waals surface area contributed by atoms with Crippen molar-refractivity contribution in [3.05, 3.63) is 78.2 Å². The summed E-state index contributed by atoms with van der Waals surface area (Å²) in [5.74, 6) is 1.86. The molecule has 0 aliphatic carbocycles. The Kier molecular flexibility index (Phi) is 7.40. The number of ether oxygens (including phenoxy) is 1. The molecular weight excluding hydrogens is 506 g/mol. The van der Waals surface area contributed by atoms with Crippen molar-refractivity contribution in [2.75, 3.05) is 26.2 Å². The smallest absolute Gasteiger partial charge is 0.283 e. The summed E-state index contributed by atoms with van der Waals surface area (Å²) in [5.41, 5.74) is 0.743. The van der Waals surface area contributed by atoms with Crippen LogP contribution in [0.15, 0.2) is 75.6 Å². The summed E-state index contributed by atoms with van der Waals surface area (Å²) in [6.07, 6.45) is 0.558. The molecule has 2 aromatic heterocycles. The summed E-state index contributed by atoms with van der Waals surface area (Å²) >= 11 is 0. The number of nitrogens with zero attached hydrogens (tertiary/aromatic N) is 3. The Morgan fingerprint density at radius 3 is 2.53 bits per heavy atom. The molecule has 3 heterocycles. The number of fused-ring (bicyclic) bond motifs is 2. The lowest BCUT2D eigenvalue weighted by Gasteiger charge is -2.39. The normalized spacial score (nSPS) is 16.4. The first kappa shape index (κ1) is 26.2. The van der Waals surface area contributed by atoms with Crippen molar-refractivity contribution in [3.63, 3.8) is 0 Å². The molecule has 1 aliphatic heterocycles. The van der Waals surface area contributed by atoms with Crippen LogP contribution in [0.2, 0.25) is 0 Å². The summed E-state index contributed by atoms with van der Waals surface area (Å²) < 4.78 is 17.3. The zero-order chi connectivity index (χ0) is 25.4. The molecule has 0 radical (unpaired) electrons. The van der Waals surface area contributed by atoms with Gasteiger partial charge in [0.1, 0.15) is 24.0 Å². The van der Waals surface area contributed by atoms with Crippen molar-refractivity contribution < 1.29 is 23.8 Å². The Morgan fingerprint density at radius 1 is 0.974 bits per heavy atom. The number of hydrogen-bond donors (Lipinski definition) is 2. The molecule has 38 heavy (non-hydrogen) atoms. The van der Waals surface area contributed by atoms with E-state index in [2.05, 4.69) is 39.4 Å². The average molecular weight is 536 g/mol. The molecule has 198 valence electrons. The van der Waals surface area contributed by atoms with E-state index in [-0.39, 0.29) is 19.0 Å². The highest BCUT2D eigenvalue weighted by atomic mass is 35.5. The first-order valence-electron chi connectivity index (χ1n) is 12.5. The highest BCUT2D eigenvalue weighted by Gasteiger charge is 2.34. The number of benzene rings is 3. The van der Waals surface area contributed by atoms with Crippen LogP contribution in [0, 0.1) is 6.92 Å². The fourth-order valence-electron chi connectivity index (χ4n) is 5.07. The number of aryl methyl sites for hydroxylation is 1. The Hall–Kier alpha value is -3.43. The van der Waals surface area contributed by atoms with Crippen LogP contribution in [-0.2, 0) is 5.60 Å². The molecule has 1 atom stereocenters. The molecular formula is C29H30ClN3O5. The van der Waals surface area contributed by atoms with Gasteiger partial charge in [-0.05, 0) is 47.4 Å². The number of hydrogen-bond acceptors (Lipinski definition) is 8. The molecule has 9 heteroatoms. The van der Waals surface area contributed by atoms with Gasteiger partial charge in [-0.2, -0.15) is 0 Å². The Balaban J connectivity index is 0.00000294. The van der Waals surface area contributed by atoms with Crippen molar-refractivity contribution in [1.82, 2.24) is 15.1 Å². The van der Waals surface area contributed by atoms with Crippen LogP contribution in [0.5, 0.6) is 5.75 Å². The van der Waals surface area contributed by atoms with Crippen molar-refractivity contribution >= 4 is 34.1 Å². The standard InChI is InChI=1S/C29H29N3O5.ClH/c1-19-30-31-28(36-19)27-16-24-25(7-4-8-26(24)37-27)35-18-23(33)17-32-13-11-29(34,12-14-32)22-10-9-20-5-2-3-6-21(20)15-22;/h2-10,15-16,23,33-34H,11-14,17-18H2,1H3;1H/t23-;/m0./s1. The number of likely N-dealkylation sites (tertiary alicyclic amines) is 1. The van der Waals surface area contributed by atoms with Crippen molar-refractivity contribution in [1.29, 1.82) is 0 Å². The molecule has 1 saturated heterocycles. The average Bonchev–Trinajstić information content (AvgIpc) is 3.55. The monoisotopic (exact) mass is 535 g/mol. The van der Waals surface area contributed by atoms with E-state index < -0.39 is 11.7 Å². The minimum absolute atomic E-state index is 0. The highest BCUT2D eigenvalue weighted by molar-refractivity contribution is 5.87. The summed E-state index contributed by atoms with van der Waals surface area (Å²) in [7, 11) is 0. The maximum atomic E-state index is 11.4. The maximum absolute atomic E-state index is 11.4. The van der Waals surface area contributed by atoms with Gasteiger partial charge in [-0.25, -0.2) is 0 Å². The fraction of sp³-hybridized carbons (Fsp3) is 0.310. The third-order valence-electron chi connectivity index (χ3n) is 7.13. The lowest BCUT2D eigenvalue weighted by Crippen LogP contribution is -2.46. The van der Waals surface area contributed by atoms with Gasteiger partial charge in [0, 0.05) is 32.6 Å². The molecule has 3 aromatic carbocycles. The van der Waals surface area contributed by atoms with E-state index in [9.17, 15) is 10.2 Å². The van der Waals surface area contributed by atoms with E-state index in [0.717, 1.165) is 16.3 Å². The third kappa shape index (κ3) is 5.26. The van der Waals surface area contributed by atoms with E-state index >= 15 is 0 Å². The lowest BCUT2D eigenvalue weighted by molar-refractivity contribution is -0.0371. The molecule has 0 bridgehead atoms. The second-order valence-electron chi connectivity index (χ2n) is 9.76. The van der Waals surface area contributed by atoms with E-state index in [1.165, 1.54) is 5.39 Å².